The number of aromatic nitrogens is 2. The molecular formula is C20H21N5O2. The maximum Gasteiger partial charge on any atom is 0.319 e. The van der Waals surface area contributed by atoms with Gasteiger partial charge in [-0.25, -0.2) is 9.78 Å². The minimum atomic E-state index is -0.238. The summed E-state index contributed by atoms with van der Waals surface area (Å²) in [4.78, 5) is 33.9. The summed E-state index contributed by atoms with van der Waals surface area (Å²) in [5, 5.41) is 5.64. The number of para-hydroxylation sites is 2. The van der Waals surface area contributed by atoms with Crippen LogP contribution in [0, 0.1) is 0 Å². The van der Waals surface area contributed by atoms with E-state index in [9.17, 15) is 9.59 Å². The van der Waals surface area contributed by atoms with Gasteiger partial charge in [0.15, 0.2) is 0 Å². The van der Waals surface area contributed by atoms with Crippen LogP contribution in [-0.2, 0) is 6.54 Å². The lowest BCUT2D eigenvalue weighted by Gasteiger charge is -2.16. The lowest BCUT2D eigenvalue weighted by atomic mass is 10.1. The van der Waals surface area contributed by atoms with Crippen molar-refractivity contribution in [1.29, 1.82) is 0 Å². The van der Waals surface area contributed by atoms with Crippen LogP contribution in [-0.4, -0.2) is 39.9 Å². The number of carbonyl (C=O) groups is 2. The molecule has 1 aromatic heterocycles. The van der Waals surface area contributed by atoms with Crippen LogP contribution < -0.4 is 10.6 Å². The van der Waals surface area contributed by atoms with E-state index in [1.54, 1.807) is 36.2 Å². The summed E-state index contributed by atoms with van der Waals surface area (Å²) in [5.74, 6) is 0.590. The molecule has 1 saturated carbocycles. The molecule has 0 unspecified atom stereocenters. The molecule has 0 spiro atoms. The molecule has 0 saturated heterocycles. The van der Waals surface area contributed by atoms with E-state index in [4.69, 9.17) is 0 Å². The number of rotatable bonds is 5. The van der Waals surface area contributed by atoms with Crippen LogP contribution in [0.15, 0.2) is 48.5 Å². The zero-order valence-electron chi connectivity index (χ0n) is 15.0. The molecule has 7 nitrogen and oxygen atoms in total. The second kappa shape index (κ2) is 7.11. The first-order valence-corrected chi connectivity index (χ1v) is 8.95. The van der Waals surface area contributed by atoms with Gasteiger partial charge < -0.3 is 20.5 Å². The number of nitrogens with one attached hydrogen (secondary N) is 3. The first-order valence-electron chi connectivity index (χ1n) is 8.95. The standard InChI is InChI=1S/C20H21N5O2/c1-25(12-18-23-16-7-2-3-8-17(16)24-18)19(26)13-5-4-6-15(11-13)22-20(27)21-14-9-10-14/h2-8,11,14H,9-10,12H2,1H3,(H,23,24)(H2,21,22,27). The van der Waals surface area contributed by atoms with Crippen molar-refractivity contribution in [1.82, 2.24) is 20.2 Å². The van der Waals surface area contributed by atoms with E-state index in [1.165, 1.54) is 0 Å². The third-order valence-electron chi connectivity index (χ3n) is 4.45. The highest BCUT2D eigenvalue weighted by atomic mass is 16.2. The van der Waals surface area contributed by atoms with Gasteiger partial charge >= 0.3 is 6.03 Å². The molecule has 27 heavy (non-hydrogen) atoms. The molecule has 3 aromatic rings. The van der Waals surface area contributed by atoms with Crippen LogP contribution >= 0.6 is 0 Å². The number of amides is 3. The van der Waals surface area contributed by atoms with Crippen LogP contribution in [0.2, 0.25) is 0 Å². The maximum atomic E-state index is 12.7. The zero-order chi connectivity index (χ0) is 18.8. The molecule has 3 N–H and O–H groups in total. The number of hydrogen-bond donors (Lipinski definition) is 3. The van der Waals surface area contributed by atoms with Gasteiger partial charge in [-0.1, -0.05) is 18.2 Å². The van der Waals surface area contributed by atoms with E-state index in [-0.39, 0.29) is 18.0 Å². The summed E-state index contributed by atoms with van der Waals surface area (Å²) in [6.07, 6.45) is 2.05. The number of hydrogen-bond acceptors (Lipinski definition) is 3. The number of fused-ring (bicyclic) bond motifs is 1. The molecule has 1 aliphatic carbocycles. The predicted molar refractivity (Wildman–Crippen MR) is 104 cm³/mol. The van der Waals surface area contributed by atoms with E-state index in [1.807, 2.05) is 24.3 Å². The Morgan fingerprint density at radius 1 is 1.19 bits per heavy atom. The Balaban J connectivity index is 1.43. The van der Waals surface area contributed by atoms with Crippen LogP contribution in [0.3, 0.4) is 0 Å². The minimum Gasteiger partial charge on any atom is -0.340 e. The average molecular weight is 363 g/mol. The Kier molecular flexibility index (Phi) is 4.50. The van der Waals surface area contributed by atoms with Gasteiger partial charge in [0.05, 0.1) is 17.6 Å². The average Bonchev–Trinajstić information content (AvgIpc) is 3.37. The van der Waals surface area contributed by atoms with Gasteiger partial charge in [0.1, 0.15) is 5.82 Å². The van der Waals surface area contributed by atoms with Gasteiger partial charge in [-0.05, 0) is 43.2 Å². The van der Waals surface area contributed by atoms with Crippen LogP contribution in [0.1, 0.15) is 29.0 Å². The first-order chi connectivity index (χ1) is 13.1. The lowest BCUT2D eigenvalue weighted by Crippen LogP contribution is -2.30. The molecule has 0 radical (unpaired) electrons. The van der Waals surface area contributed by atoms with Crippen molar-refractivity contribution in [2.24, 2.45) is 0 Å². The highest BCUT2D eigenvalue weighted by Gasteiger charge is 2.23. The largest absolute Gasteiger partial charge is 0.340 e. The highest BCUT2D eigenvalue weighted by molar-refractivity contribution is 5.96. The Morgan fingerprint density at radius 3 is 2.78 bits per heavy atom. The summed E-state index contributed by atoms with van der Waals surface area (Å²) in [6.45, 7) is 0.368. The molecular weight excluding hydrogens is 342 g/mol. The maximum absolute atomic E-state index is 12.7. The number of benzene rings is 2. The minimum absolute atomic E-state index is 0.137. The van der Waals surface area contributed by atoms with Crippen LogP contribution in [0.25, 0.3) is 11.0 Å². The molecule has 138 valence electrons. The smallest absolute Gasteiger partial charge is 0.319 e. The van der Waals surface area contributed by atoms with Crippen LogP contribution in [0.4, 0.5) is 10.5 Å². The van der Waals surface area contributed by atoms with Gasteiger partial charge in [0.2, 0.25) is 0 Å². The fraction of sp³-hybridized carbons (Fsp3) is 0.250. The van der Waals surface area contributed by atoms with Crippen molar-refractivity contribution in [3.63, 3.8) is 0 Å². The molecule has 7 heteroatoms. The van der Waals surface area contributed by atoms with Crippen molar-refractivity contribution < 1.29 is 9.59 Å². The zero-order valence-corrected chi connectivity index (χ0v) is 15.0. The molecule has 1 heterocycles. The molecule has 3 amide bonds. The Morgan fingerprint density at radius 2 is 2.00 bits per heavy atom. The fourth-order valence-electron chi connectivity index (χ4n) is 2.91. The van der Waals surface area contributed by atoms with Crippen molar-refractivity contribution in [2.75, 3.05) is 12.4 Å². The monoisotopic (exact) mass is 363 g/mol. The number of imidazole rings is 1. The second-order valence-electron chi connectivity index (χ2n) is 6.82. The second-order valence-corrected chi connectivity index (χ2v) is 6.82. The van der Waals surface area contributed by atoms with Crippen molar-refractivity contribution in [2.45, 2.75) is 25.4 Å². The molecule has 0 aliphatic heterocycles. The van der Waals surface area contributed by atoms with Crippen molar-refractivity contribution in [3.05, 3.63) is 59.9 Å². The highest BCUT2D eigenvalue weighted by Crippen LogP contribution is 2.19. The number of H-pyrrole nitrogens is 1. The topological polar surface area (TPSA) is 90.1 Å². The Labute approximate surface area is 156 Å². The molecule has 1 fully saturated rings. The predicted octanol–water partition coefficient (Wildman–Crippen LogP) is 3.12. The third-order valence-corrected chi connectivity index (χ3v) is 4.45. The van der Waals surface area contributed by atoms with E-state index >= 15 is 0 Å². The van der Waals surface area contributed by atoms with E-state index in [0.29, 0.717) is 17.8 Å². The van der Waals surface area contributed by atoms with E-state index < -0.39 is 0 Å². The van der Waals surface area contributed by atoms with Gasteiger partial charge in [0, 0.05) is 24.3 Å². The number of nitrogens with zero attached hydrogens (tertiary/aromatic N) is 2. The number of carbonyl (C=O) groups excluding carboxylic acids is 2. The summed E-state index contributed by atoms with van der Waals surface area (Å²) in [5.41, 5.74) is 2.93. The lowest BCUT2D eigenvalue weighted by molar-refractivity contribution is 0.0782. The summed E-state index contributed by atoms with van der Waals surface area (Å²) < 4.78 is 0. The number of urea groups is 1. The van der Waals surface area contributed by atoms with Crippen molar-refractivity contribution in [3.8, 4) is 0 Å². The molecule has 2 aromatic carbocycles. The quantitative estimate of drug-likeness (QED) is 0.650. The first kappa shape index (κ1) is 17.1. The molecule has 1 aliphatic rings. The Hall–Kier alpha value is -3.35. The SMILES string of the molecule is CN(Cc1nc2ccccc2[nH]1)C(=O)c1cccc(NC(=O)NC2CC2)c1. The fourth-order valence-corrected chi connectivity index (χ4v) is 2.91. The number of anilines is 1. The Bertz CT molecular complexity index is 960. The third kappa shape index (κ3) is 4.08. The van der Waals surface area contributed by atoms with Gasteiger partial charge in [-0.3, -0.25) is 4.79 Å². The van der Waals surface area contributed by atoms with Crippen LogP contribution in [0.5, 0.6) is 0 Å². The van der Waals surface area contributed by atoms with E-state index in [2.05, 4.69) is 20.6 Å². The van der Waals surface area contributed by atoms with Gasteiger partial charge in [-0.2, -0.15) is 0 Å². The summed E-state index contributed by atoms with van der Waals surface area (Å²) in [7, 11) is 1.73. The molecule has 0 bridgehead atoms. The van der Waals surface area contributed by atoms with Gasteiger partial charge in [0.25, 0.3) is 5.91 Å². The number of aromatic amines is 1. The normalized spacial score (nSPS) is 13.4. The molecule has 4 rings (SSSR count). The van der Waals surface area contributed by atoms with E-state index in [0.717, 1.165) is 29.7 Å². The summed E-state index contributed by atoms with van der Waals surface area (Å²) >= 11 is 0. The molecule has 0 atom stereocenters. The van der Waals surface area contributed by atoms with Gasteiger partial charge in [-0.15, -0.1) is 0 Å². The summed E-state index contributed by atoms with van der Waals surface area (Å²) in [6, 6.07) is 14.7. The van der Waals surface area contributed by atoms with Crippen molar-refractivity contribution >= 4 is 28.7 Å².